The number of hydrogen-bond acceptors (Lipinski definition) is 8. The normalized spacial score (nSPS) is 11.9. The molecule has 0 fully saturated rings. The van der Waals surface area contributed by atoms with Gasteiger partial charge in [0.1, 0.15) is 0 Å². The molecule has 0 saturated carbocycles. The molecule has 8 nitrogen and oxygen atoms in total. The Kier molecular flexibility index (Phi) is 4.90. The van der Waals surface area contributed by atoms with E-state index in [1.54, 1.807) is 26.2 Å². The molecule has 1 aromatic rings. The molecule has 0 aliphatic heterocycles. The van der Waals surface area contributed by atoms with Gasteiger partial charge < -0.3 is 14.8 Å². The van der Waals surface area contributed by atoms with Crippen molar-refractivity contribution >= 4 is 39.5 Å². The van der Waals surface area contributed by atoms with Crippen LogP contribution in [-0.4, -0.2) is 35.5 Å². The van der Waals surface area contributed by atoms with Crippen LogP contribution in [0.3, 0.4) is 0 Å². The number of benzene rings is 1. The molecule has 0 atom stereocenters. The van der Waals surface area contributed by atoms with Gasteiger partial charge in [-0.3, -0.25) is 4.55 Å². The maximum Gasteiger partial charge on any atom is 0.383 e. The van der Waals surface area contributed by atoms with Crippen molar-refractivity contribution in [3.05, 3.63) is 18.2 Å². The van der Waals surface area contributed by atoms with Crippen molar-refractivity contribution in [2.45, 2.75) is 0 Å². The third-order valence-corrected chi connectivity index (χ3v) is 6.89. The highest BCUT2D eigenvalue weighted by Crippen LogP contribution is 2.32. The van der Waals surface area contributed by atoms with E-state index in [1.165, 1.54) is 6.07 Å². The first-order valence-electron chi connectivity index (χ1n) is 4.79. The molecule has 0 unspecified atom stereocenters. The van der Waals surface area contributed by atoms with Crippen LogP contribution in [-0.2, 0) is 18.3 Å². The van der Waals surface area contributed by atoms with Gasteiger partial charge in [0.15, 0.2) is 15.6 Å². The minimum Gasteiger partial charge on any atom is -0.388 e. The second kappa shape index (κ2) is 5.86. The Morgan fingerprint density at radius 2 is 1.79 bits per heavy atom. The van der Waals surface area contributed by atoms with Gasteiger partial charge in [0, 0.05) is 25.8 Å². The molecule has 19 heavy (non-hydrogen) atoms. The highest BCUT2D eigenvalue weighted by Gasteiger charge is 2.25. The molecule has 3 N–H and O–H groups in total. The van der Waals surface area contributed by atoms with Crippen LogP contribution in [0.15, 0.2) is 18.2 Å². The summed E-state index contributed by atoms with van der Waals surface area (Å²) in [5, 5.41) is 5.47. The van der Waals surface area contributed by atoms with Crippen molar-refractivity contribution in [1.82, 2.24) is 0 Å². The zero-order chi connectivity index (χ0) is 14.7. The van der Waals surface area contributed by atoms with E-state index in [-0.39, 0.29) is 5.75 Å². The van der Waals surface area contributed by atoms with Gasteiger partial charge in [-0.25, -0.2) is 0 Å². The second-order valence-corrected chi connectivity index (χ2v) is 9.29. The second-order valence-electron chi connectivity index (χ2n) is 3.20. The summed E-state index contributed by atoms with van der Waals surface area (Å²) < 4.78 is 57.1. The van der Waals surface area contributed by atoms with E-state index < -0.39 is 28.1 Å². The van der Waals surface area contributed by atoms with Gasteiger partial charge in [-0.2, -0.15) is 16.8 Å². The summed E-state index contributed by atoms with van der Waals surface area (Å²) in [4.78, 5) is 0. The predicted molar refractivity (Wildman–Crippen MR) is 74.2 cm³/mol. The molecule has 1 aromatic carbocycles. The summed E-state index contributed by atoms with van der Waals surface area (Å²) in [5.74, 6) is -0.0921. The maximum atomic E-state index is 11.4. The lowest BCUT2D eigenvalue weighted by Gasteiger charge is -2.11. The van der Waals surface area contributed by atoms with Gasteiger partial charge in [0.2, 0.25) is 0 Å². The average Bonchev–Trinajstić information content (AvgIpc) is 2.24. The van der Waals surface area contributed by atoms with Crippen molar-refractivity contribution < 1.29 is 25.6 Å². The van der Waals surface area contributed by atoms with Crippen LogP contribution in [0.1, 0.15) is 0 Å². The smallest absolute Gasteiger partial charge is 0.383 e. The summed E-state index contributed by atoms with van der Waals surface area (Å²) >= 11 is 0. The monoisotopic (exact) mass is 328 g/mol. The standard InChI is InChI=1S/C8H12N2O6S3/c1-9-6-3-4-7(10-2)8(5-6)16-19(14,15)17-18(11,12)13/h3-5,9-10H,1-2H3,(H,11,12,13). The van der Waals surface area contributed by atoms with E-state index in [4.69, 9.17) is 4.55 Å². The Labute approximate surface area is 114 Å². The molecule has 0 aliphatic carbocycles. The van der Waals surface area contributed by atoms with Crippen LogP contribution in [0.4, 0.5) is 11.4 Å². The summed E-state index contributed by atoms with van der Waals surface area (Å²) in [5.41, 5.74) is 0.916. The molecule has 11 heteroatoms. The van der Waals surface area contributed by atoms with Crippen LogP contribution in [0.25, 0.3) is 0 Å². The largest absolute Gasteiger partial charge is 0.388 e. The topological polar surface area (TPSA) is 122 Å². The SMILES string of the molecule is CNc1ccc(NC)c(OS(=O)(=O)SS(=O)(=O)O)c1. The fourth-order valence-corrected chi connectivity index (χ4v) is 4.86. The highest BCUT2D eigenvalue weighted by atomic mass is 33.5. The third-order valence-electron chi connectivity index (χ3n) is 1.90. The fraction of sp³-hybridized carbons (Fsp3) is 0.250. The molecule has 0 heterocycles. The zero-order valence-electron chi connectivity index (χ0n) is 9.95. The summed E-state index contributed by atoms with van der Waals surface area (Å²) in [6.45, 7) is 0. The molecule has 108 valence electrons. The van der Waals surface area contributed by atoms with Crippen LogP contribution >= 0.6 is 9.83 Å². The van der Waals surface area contributed by atoms with Crippen LogP contribution in [0, 0.1) is 0 Å². The van der Waals surface area contributed by atoms with E-state index in [0.717, 1.165) is 0 Å². The molecule has 0 spiro atoms. The van der Waals surface area contributed by atoms with E-state index in [1.807, 2.05) is 0 Å². The van der Waals surface area contributed by atoms with Crippen molar-refractivity contribution in [1.29, 1.82) is 0 Å². The molecular weight excluding hydrogens is 316 g/mol. The Balaban J connectivity index is 3.10. The van der Waals surface area contributed by atoms with Crippen molar-refractivity contribution in [2.75, 3.05) is 24.7 Å². The summed E-state index contributed by atoms with van der Waals surface area (Å²) in [6, 6.07) is 4.59. The number of hydrogen-bond donors (Lipinski definition) is 3. The lowest BCUT2D eigenvalue weighted by Crippen LogP contribution is -2.09. The van der Waals surface area contributed by atoms with Gasteiger partial charge in [-0.15, -0.1) is 0 Å². The van der Waals surface area contributed by atoms with Gasteiger partial charge in [-0.05, 0) is 12.1 Å². The predicted octanol–water partition coefficient (Wildman–Crippen LogP) is 0.930. The van der Waals surface area contributed by atoms with Crippen LogP contribution in [0.2, 0.25) is 0 Å². The molecule has 1 rings (SSSR count). The molecule has 0 aromatic heterocycles. The minimum atomic E-state index is -4.77. The molecule has 0 radical (unpaired) electrons. The average molecular weight is 328 g/mol. The first kappa shape index (κ1) is 15.9. The molecule has 0 bridgehead atoms. The van der Waals surface area contributed by atoms with Gasteiger partial charge >= 0.3 is 18.3 Å². The Morgan fingerprint density at radius 3 is 2.26 bits per heavy atom. The minimum absolute atomic E-state index is 0.0921. The van der Waals surface area contributed by atoms with Crippen molar-refractivity contribution in [3.63, 3.8) is 0 Å². The summed E-state index contributed by atoms with van der Waals surface area (Å²) in [7, 11) is -6.82. The third kappa shape index (κ3) is 5.14. The van der Waals surface area contributed by atoms with Crippen molar-refractivity contribution in [3.8, 4) is 5.75 Å². The van der Waals surface area contributed by atoms with E-state index in [0.29, 0.717) is 11.4 Å². The maximum absolute atomic E-state index is 11.4. The van der Waals surface area contributed by atoms with Crippen LogP contribution < -0.4 is 14.8 Å². The Bertz CT molecular complexity index is 655. The van der Waals surface area contributed by atoms with E-state index >= 15 is 0 Å². The molecule has 0 saturated heterocycles. The Morgan fingerprint density at radius 1 is 1.16 bits per heavy atom. The highest BCUT2D eigenvalue weighted by molar-refractivity contribution is 9.02. The van der Waals surface area contributed by atoms with E-state index in [9.17, 15) is 16.8 Å². The Hall–Kier alpha value is -1.17. The zero-order valence-corrected chi connectivity index (χ0v) is 12.4. The van der Waals surface area contributed by atoms with Crippen molar-refractivity contribution in [2.24, 2.45) is 0 Å². The fourth-order valence-electron chi connectivity index (χ4n) is 1.18. The molecular formula is C8H12N2O6S3. The van der Waals surface area contributed by atoms with E-state index in [2.05, 4.69) is 14.8 Å². The lowest BCUT2D eigenvalue weighted by atomic mass is 10.2. The first-order chi connectivity index (χ1) is 8.67. The molecule has 0 amide bonds. The first-order valence-corrected chi connectivity index (χ1v) is 9.49. The summed E-state index contributed by atoms with van der Waals surface area (Å²) in [6.07, 6.45) is 0. The molecule has 0 aliphatic rings. The van der Waals surface area contributed by atoms with Crippen LogP contribution in [0.5, 0.6) is 5.75 Å². The van der Waals surface area contributed by atoms with Gasteiger partial charge in [0.05, 0.1) is 5.69 Å². The van der Waals surface area contributed by atoms with Gasteiger partial charge in [-0.1, -0.05) is 0 Å². The number of anilines is 2. The van der Waals surface area contributed by atoms with Gasteiger partial charge in [0.25, 0.3) is 0 Å². The number of nitrogens with one attached hydrogen (secondary N) is 2. The number of rotatable bonds is 6. The quantitative estimate of drug-likeness (QED) is 0.517. The lowest BCUT2D eigenvalue weighted by molar-refractivity contribution is 0.501.